The number of primary amides is 1. The highest BCUT2D eigenvalue weighted by molar-refractivity contribution is 6.11. The summed E-state index contributed by atoms with van der Waals surface area (Å²) >= 11 is 0. The monoisotopic (exact) mass is 389 g/mol. The number of carbonyl (C=O) groups excluding carboxylic acids is 1. The number of nitrogens with zero attached hydrogens (tertiary/aromatic N) is 3. The summed E-state index contributed by atoms with van der Waals surface area (Å²) in [5.41, 5.74) is 9.78. The van der Waals surface area contributed by atoms with Gasteiger partial charge in [-0.3, -0.25) is 9.36 Å². The summed E-state index contributed by atoms with van der Waals surface area (Å²) in [5.74, 6) is -2.34. The Hall–Kier alpha value is -3.74. The average Bonchev–Trinajstić information content (AvgIpc) is 2.85. The number of aromatic hydroxyl groups is 1. The number of nitrogens with two attached hydrogens (primary N) is 2. The Morgan fingerprint density at radius 3 is 2.50 bits per heavy atom. The number of amides is 1. The summed E-state index contributed by atoms with van der Waals surface area (Å²) in [7, 11) is 0. The van der Waals surface area contributed by atoms with E-state index < -0.39 is 29.1 Å². The molecule has 0 bridgehead atoms. The molecule has 1 aromatic carbocycles. The number of aromatic nitrogens is 2. The average molecular weight is 389 g/mol. The van der Waals surface area contributed by atoms with E-state index in [4.69, 9.17) is 18.0 Å². The van der Waals surface area contributed by atoms with Crippen LogP contribution in [-0.2, 0) is 6.18 Å². The number of hydrogen-bond acceptors (Lipinski definition) is 4. The van der Waals surface area contributed by atoms with Crippen molar-refractivity contribution in [3.63, 3.8) is 0 Å². The van der Waals surface area contributed by atoms with Gasteiger partial charge < -0.3 is 16.6 Å². The highest BCUT2D eigenvalue weighted by Gasteiger charge is 2.39. The summed E-state index contributed by atoms with van der Waals surface area (Å²) in [4.78, 5) is 19.4. The van der Waals surface area contributed by atoms with Crippen LogP contribution in [0.1, 0.15) is 27.2 Å². The molecule has 0 radical (unpaired) electrons. The number of hydrogen-bond donors (Lipinski definition) is 3. The molecule has 10 heteroatoms. The van der Waals surface area contributed by atoms with Crippen LogP contribution in [-0.4, -0.2) is 20.6 Å². The topological polar surface area (TPSA) is 112 Å². The Balaban J connectivity index is 2.60. The van der Waals surface area contributed by atoms with E-state index in [0.717, 1.165) is 10.6 Å². The Kier molecular flexibility index (Phi) is 4.19. The molecule has 3 rings (SSSR count). The molecule has 7 nitrogen and oxygen atoms in total. The van der Waals surface area contributed by atoms with Gasteiger partial charge in [0.2, 0.25) is 5.69 Å². The molecule has 2 heterocycles. The number of carbonyl (C=O) groups is 1. The van der Waals surface area contributed by atoms with E-state index in [1.165, 1.54) is 26.0 Å². The molecule has 0 atom stereocenters. The van der Waals surface area contributed by atoms with Crippen LogP contribution in [0.25, 0.3) is 21.6 Å². The van der Waals surface area contributed by atoms with Crippen LogP contribution in [0.15, 0.2) is 18.2 Å². The molecule has 28 heavy (non-hydrogen) atoms. The van der Waals surface area contributed by atoms with Crippen LogP contribution in [0.3, 0.4) is 0 Å². The number of benzene rings is 1. The molecule has 0 fully saturated rings. The van der Waals surface area contributed by atoms with Gasteiger partial charge in [-0.25, -0.2) is 9.83 Å². The summed E-state index contributed by atoms with van der Waals surface area (Å²) in [5, 5.41) is 9.96. The second-order valence-corrected chi connectivity index (χ2v) is 6.16. The van der Waals surface area contributed by atoms with Crippen LogP contribution in [0.4, 0.5) is 24.7 Å². The first-order chi connectivity index (χ1) is 13.0. The highest BCUT2D eigenvalue weighted by atomic mass is 19.4. The molecule has 1 amide bonds. The number of nitrogen functional groups attached to an aromatic ring is 1. The fraction of sp³-hybridized carbons (Fsp3) is 0.167. The zero-order valence-electron chi connectivity index (χ0n) is 14.7. The second kappa shape index (κ2) is 6.16. The zero-order valence-corrected chi connectivity index (χ0v) is 14.7. The Labute approximate surface area is 156 Å². The number of pyridine rings is 1. The van der Waals surface area contributed by atoms with Gasteiger partial charge in [0.1, 0.15) is 22.8 Å². The third-order valence-corrected chi connectivity index (χ3v) is 4.38. The molecule has 144 valence electrons. The fourth-order valence-electron chi connectivity index (χ4n) is 3.15. The lowest BCUT2D eigenvalue weighted by atomic mass is 10.1. The van der Waals surface area contributed by atoms with E-state index in [0.29, 0.717) is 0 Å². The van der Waals surface area contributed by atoms with Gasteiger partial charge in [0, 0.05) is 11.1 Å². The van der Waals surface area contributed by atoms with Gasteiger partial charge in [0.15, 0.2) is 0 Å². The van der Waals surface area contributed by atoms with Gasteiger partial charge in [-0.2, -0.15) is 13.2 Å². The van der Waals surface area contributed by atoms with Gasteiger partial charge in [-0.05, 0) is 31.5 Å². The lowest BCUT2D eigenvalue weighted by Crippen LogP contribution is -2.16. The number of alkyl halides is 3. The van der Waals surface area contributed by atoms with E-state index in [1.54, 1.807) is 0 Å². The number of halogens is 3. The lowest BCUT2D eigenvalue weighted by molar-refractivity contribution is -0.138. The van der Waals surface area contributed by atoms with Gasteiger partial charge in [0.25, 0.3) is 5.91 Å². The standard InChI is InChI=1S/C18H14F3N5O2/c1-7-4-5-11(27)13(18(19,20)21)14(7)26-15(22)12(16(23)28)9-6-10(24-3)8(2)25-17(9)26/h4-6,27H,22H2,1-2H3,(H2,23,28). The van der Waals surface area contributed by atoms with Crippen LogP contribution >= 0.6 is 0 Å². The minimum Gasteiger partial charge on any atom is -0.507 e. The Morgan fingerprint density at radius 2 is 1.96 bits per heavy atom. The van der Waals surface area contributed by atoms with Gasteiger partial charge >= 0.3 is 6.18 Å². The van der Waals surface area contributed by atoms with E-state index in [2.05, 4.69) is 9.83 Å². The van der Waals surface area contributed by atoms with Crippen LogP contribution in [0.5, 0.6) is 5.75 Å². The van der Waals surface area contributed by atoms with E-state index >= 15 is 0 Å². The minimum absolute atomic E-state index is 0.0532. The van der Waals surface area contributed by atoms with Crippen molar-refractivity contribution in [1.29, 1.82) is 0 Å². The molecule has 0 saturated heterocycles. The van der Waals surface area contributed by atoms with Crippen molar-refractivity contribution >= 4 is 28.4 Å². The van der Waals surface area contributed by atoms with E-state index in [9.17, 15) is 23.1 Å². The summed E-state index contributed by atoms with van der Waals surface area (Å²) in [6.45, 7) is 10.1. The normalized spacial score (nSPS) is 11.6. The van der Waals surface area contributed by atoms with Crippen molar-refractivity contribution < 1.29 is 23.1 Å². The van der Waals surface area contributed by atoms with Crippen molar-refractivity contribution in [2.24, 2.45) is 5.73 Å². The predicted molar refractivity (Wildman–Crippen MR) is 96.4 cm³/mol. The molecule has 5 N–H and O–H groups in total. The molecule has 0 spiro atoms. The zero-order chi connectivity index (χ0) is 21.0. The molecule has 0 saturated carbocycles. The molecular formula is C18H14F3N5O2. The maximum absolute atomic E-state index is 13.7. The van der Waals surface area contributed by atoms with Gasteiger partial charge in [-0.1, -0.05) is 6.07 Å². The van der Waals surface area contributed by atoms with Crippen LogP contribution < -0.4 is 11.5 Å². The van der Waals surface area contributed by atoms with Crippen molar-refractivity contribution in [2.75, 3.05) is 5.73 Å². The summed E-state index contributed by atoms with van der Waals surface area (Å²) in [6, 6.07) is 3.52. The SMILES string of the molecule is [C-]#[N+]c1cc2c(C(N)=O)c(N)n(-c3c(C)ccc(O)c3C(F)(F)F)c2nc1C. The van der Waals surface area contributed by atoms with Gasteiger partial charge in [0.05, 0.1) is 17.8 Å². The molecule has 3 aromatic rings. The van der Waals surface area contributed by atoms with E-state index in [-0.39, 0.29) is 39.4 Å². The largest absolute Gasteiger partial charge is 0.507 e. The highest BCUT2D eigenvalue weighted by Crippen LogP contribution is 2.44. The molecule has 0 aliphatic carbocycles. The first-order valence-corrected chi connectivity index (χ1v) is 7.88. The number of phenols is 1. The van der Waals surface area contributed by atoms with Crippen LogP contribution in [0, 0.1) is 20.4 Å². The summed E-state index contributed by atoms with van der Waals surface area (Å²) < 4.78 is 42.1. The first kappa shape index (κ1) is 19.0. The Bertz CT molecular complexity index is 1190. The predicted octanol–water partition coefficient (Wildman–Crippen LogP) is 3.60. The number of anilines is 1. The van der Waals surface area contributed by atoms with Crippen LogP contribution in [0.2, 0.25) is 0 Å². The number of fused-ring (bicyclic) bond motifs is 1. The number of rotatable bonds is 2. The molecule has 2 aromatic heterocycles. The first-order valence-electron chi connectivity index (χ1n) is 7.88. The van der Waals surface area contributed by atoms with Crippen molar-refractivity contribution in [1.82, 2.24) is 9.55 Å². The van der Waals surface area contributed by atoms with Crippen molar-refractivity contribution in [3.8, 4) is 11.4 Å². The summed E-state index contributed by atoms with van der Waals surface area (Å²) in [6.07, 6.45) is -4.91. The maximum Gasteiger partial charge on any atom is 0.421 e. The quantitative estimate of drug-likeness (QED) is 0.582. The van der Waals surface area contributed by atoms with E-state index in [1.807, 2.05) is 0 Å². The van der Waals surface area contributed by atoms with Crippen molar-refractivity contribution in [2.45, 2.75) is 20.0 Å². The molecular weight excluding hydrogens is 375 g/mol. The fourth-order valence-corrected chi connectivity index (χ4v) is 3.15. The molecule has 0 unspecified atom stereocenters. The number of phenolic OH excluding ortho intramolecular Hbond substituents is 1. The third-order valence-electron chi connectivity index (χ3n) is 4.38. The Morgan fingerprint density at radius 1 is 1.32 bits per heavy atom. The molecule has 0 aliphatic heterocycles. The number of aryl methyl sites for hydroxylation is 2. The lowest BCUT2D eigenvalue weighted by Gasteiger charge is -2.19. The van der Waals surface area contributed by atoms with Crippen molar-refractivity contribution in [3.05, 3.63) is 52.0 Å². The molecule has 0 aliphatic rings. The maximum atomic E-state index is 13.7. The third kappa shape index (κ3) is 2.68. The smallest absolute Gasteiger partial charge is 0.421 e. The minimum atomic E-state index is -4.91. The van der Waals surface area contributed by atoms with Gasteiger partial charge in [-0.15, -0.1) is 0 Å². The second-order valence-electron chi connectivity index (χ2n) is 6.16.